The van der Waals surface area contributed by atoms with Crippen molar-refractivity contribution in [1.29, 1.82) is 0 Å². The minimum Gasteiger partial charge on any atom is -0.508 e. The molecule has 34 heavy (non-hydrogen) atoms. The van der Waals surface area contributed by atoms with Gasteiger partial charge in [0.2, 0.25) is 5.78 Å². The highest BCUT2D eigenvalue weighted by atomic mass is 16.3. The van der Waals surface area contributed by atoms with Gasteiger partial charge in [0, 0.05) is 24.6 Å². The number of primary amides is 1. The van der Waals surface area contributed by atoms with Crippen LogP contribution in [0.3, 0.4) is 0 Å². The molecule has 10 heteroatoms. The van der Waals surface area contributed by atoms with Crippen LogP contribution >= 0.6 is 0 Å². The van der Waals surface area contributed by atoms with Gasteiger partial charge < -0.3 is 31.3 Å². The number of nitrogens with zero attached hydrogens (tertiary/aromatic N) is 1. The topological polar surface area (TPSA) is 182 Å². The van der Waals surface area contributed by atoms with Crippen molar-refractivity contribution in [2.75, 3.05) is 13.1 Å². The number of amides is 1. The van der Waals surface area contributed by atoms with Crippen molar-refractivity contribution in [3.63, 3.8) is 0 Å². The standard InChI is InChI=1S/C24H26N2O8/c25-23(33)17-20(30)18(26-6-4-12(27)5-7-26)13-9-11-8-10-2-1-3-14(28)15(10)19(29)16(11)21(31)24(13,34)22(17)32/h1-3,11-13,18,27-29,32,34H,4-9H2,(H2,25,33). The second kappa shape index (κ2) is 7.66. The van der Waals surface area contributed by atoms with Crippen LogP contribution in [0.2, 0.25) is 0 Å². The van der Waals surface area contributed by atoms with E-state index >= 15 is 0 Å². The maximum Gasteiger partial charge on any atom is 0.255 e. The van der Waals surface area contributed by atoms with Crippen molar-refractivity contribution >= 4 is 23.2 Å². The monoisotopic (exact) mass is 470 g/mol. The summed E-state index contributed by atoms with van der Waals surface area (Å²) < 4.78 is 0. The third kappa shape index (κ3) is 2.95. The summed E-state index contributed by atoms with van der Waals surface area (Å²) in [5.74, 6) is -6.58. The summed E-state index contributed by atoms with van der Waals surface area (Å²) in [4.78, 5) is 41.0. The number of Topliss-reactive ketones (excluding diaryl/α,β-unsaturated/α-hetero) is 2. The molecule has 1 amide bonds. The first kappa shape index (κ1) is 22.6. The number of carbonyl (C=O) groups excluding carboxylic acids is 3. The number of fused-ring (bicyclic) bond motifs is 3. The summed E-state index contributed by atoms with van der Waals surface area (Å²) in [6.45, 7) is 0.584. The van der Waals surface area contributed by atoms with Crippen molar-refractivity contribution in [2.24, 2.45) is 17.6 Å². The van der Waals surface area contributed by atoms with Crippen LogP contribution in [0.1, 0.15) is 30.4 Å². The van der Waals surface area contributed by atoms with E-state index in [4.69, 9.17) is 5.73 Å². The molecule has 0 aromatic heterocycles. The fourth-order valence-electron chi connectivity index (χ4n) is 6.17. The second-order valence-electron chi connectivity index (χ2n) is 9.58. The molecule has 1 heterocycles. The number of rotatable bonds is 2. The summed E-state index contributed by atoms with van der Waals surface area (Å²) >= 11 is 0. The van der Waals surface area contributed by atoms with Crippen molar-refractivity contribution in [3.05, 3.63) is 46.2 Å². The Hall–Kier alpha value is -3.21. The van der Waals surface area contributed by atoms with Gasteiger partial charge in [-0.2, -0.15) is 0 Å². The first-order chi connectivity index (χ1) is 16.1. The van der Waals surface area contributed by atoms with E-state index in [9.17, 15) is 39.9 Å². The van der Waals surface area contributed by atoms with Crippen molar-refractivity contribution in [1.82, 2.24) is 4.90 Å². The van der Waals surface area contributed by atoms with E-state index in [-0.39, 0.29) is 29.7 Å². The highest BCUT2D eigenvalue weighted by Crippen LogP contribution is 2.52. The molecule has 0 spiro atoms. The number of hydrogen-bond acceptors (Lipinski definition) is 9. The number of phenolic OH excluding ortho intramolecular Hbond substituents is 1. The van der Waals surface area contributed by atoms with Crippen LogP contribution in [0.4, 0.5) is 0 Å². The molecule has 10 nitrogen and oxygen atoms in total. The van der Waals surface area contributed by atoms with Crippen LogP contribution in [0.5, 0.6) is 5.75 Å². The Balaban J connectivity index is 1.69. The molecule has 4 aliphatic rings. The molecule has 1 saturated heterocycles. The second-order valence-corrected chi connectivity index (χ2v) is 9.58. The van der Waals surface area contributed by atoms with Crippen LogP contribution in [-0.4, -0.2) is 78.7 Å². The molecule has 1 aliphatic heterocycles. The zero-order chi connectivity index (χ0) is 24.5. The first-order valence-corrected chi connectivity index (χ1v) is 11.3. The molecular weight excluding hydrogens is 444 g/mol. The number of aliphatic hydroxyl groups is 4. The number of nitrogens with two attached hydrogens (primary N) is 1. The number of phenols is 1. The molecule has 180 valence electrons. The Bertz CT molecular complexity index is 1180. The van der Waals surface area contributed by atoms with Gasteiger partial charge in [0.1, 0.15) is 22.8 Å². The van der Waals surface area contributed by atoms with Crippen molar-refractivity contribution in [3.8, 4) is 5.75 Å². The number of hydrogen-bond donors (Lipinski definition) is 6. The summed E-state index contributed by atoms with van der Waals surface area (Å²) in [5.41, 5.74) is 2.42. The predicted octanol–water partition coefficient (Wildman–Crippen LogP) is -0.141. The van der Waals surface area contributed by atoms with E-state index in [1.54, 1.807) is 17.0 Å². The zero-order valence-corrected chi connectivity index (χ0v) is 18.3. The third-order valence-electron chi connectivity index (χ3n) is 7.79. The lowest BCUT2D eigenvalue weighted by Crippen LogP contribution is -2.67. The Morgan fingerprint density at radius 2 is 1.79 bits per heavy atom. The van der Waals surface area contributed by atoms with Crippen molar-refractivity contribution < 1.29 is 39.9 Å². The quantitative estimate of drug-likeness (QED) is 0.320. The van der Waals surface area contributed by atoms with E-state index in [0.29, 0.717) is 31.5 Å². The highest BCUT2D eigenvalue weighted by molar-refractivity contribution is 6.24. The molecule has 0 radical (unpaired) electrons. The van der Waals surface area contributed by atoms with Crippen molar-refractivity contribution in [2.45, 2.75) is 43.4 Å². The summed E-state index contributed by atoms with van der Waals surface area (Å²) in [6.07, 6.45) is 0.519. The molecule has 4 atom stereocenters. The Morgan fingerprint density at radius 1 is 1.12 bits per heavy atom. The van der Waals surface area contributed by atoms with Gasteiger partial charge in [-0.15, -0.1) is 0 Å². The molecule has 7 N–H and O–H groups in total. The third-order valence-corrected chi connectivity index (χ3v) is 7.79. The molecule has 2 fully saturated rings. The number of aliphatic hydroxyl groups excluding tert-OH is 3. The molecule has 1 saturated carbocycles. The highest BCUT2D eigenvalue weighted by Gasteiger charge is 2.64. The Kier molecular flexibility index (Phi) is 5.08. The smallest absolute Gasteiger partial charge is 0.255 e. The Labute approximate surface area is 194 Å². The number of likely N-dealkylation sites (tertiary alicyclic amines) is 1. The molecule has 5 rings (SSSR count). The fourth-order valence-corrected chi connectivity index (χ4v) is 6.17. The first-order valence-electron chi connectivity index (χ1n) is 11.3. The minimum atomic E-state index is -2.65. The predicted molar refractivity (Wildman–Crippen MR) is 117 cm³/mol. The number of ketones is 2. The van der Waals surface area contributed by atoms with Gasteiger partial charge >= 0.3 is 0 Å². The lowest BCUT2D eigenvalue weighted by Gasteiger charge is -2.52. The molecule has 4 unspecified atom stereocenters. The van der Waals surface area contributed by atoms with Gasteiger partial charge in [-0.05, 0) is 43.2 Å². The van der Waals surface area contributed by atoms with E-state index in [0.717, 1.165) is 0 Å². The van der Waals surface area contributed by atoms with Crippen LogP contribution in [0, 0.1) is 11.8 Å². The molecule has 0 bridgehead atoms. The zero-order valence-electron chi connectivity index (χ0n) is 18.3. The van der Waals surface area contributed by atoms with Gasteiger partial charge in [0.25, 0.3) is 5.91 Å². The lowest BCUT2D eigenvalue weighted by molar-refractivity contribution is -0.156. The van der Waals surface area contributed by atoms with Gasteiger partial charge in [-0.3, -0.25) is 19.3 Å². The molecular formula is C24H26N2O8. The van der Waals surface area contributed by atoms with Crippen LogP contribution in [-0.2, 0) is 20.8 Å². The van der Waals surface area contributed by atoms with Gasteiger partial charge in [-0.25, -0.2) is 0 Å². The summed E-state index contributed by atoms with van der Waals surface area (Å²) in [6, 6.07) is 3.58. The van der Waals surface area contributed by atoms with E-state index in [2.05, 4.69) is 0 Å². The van der Waals surface area contributed by atoms with E-state index < -0.39 is 64.1 Å². The van der Waals surface area contributed by atoms with Gasteiger partial charge in [-0.1, -0.05) is 12.1 Å². The van der Waals surface area contributed by atoms with Crippen LogP contribution in [0.25, 0.3) is 5.76 Å². The maximum atomic E-state index is 13.7. The minimum absolute atomic E-state index is 0.0578. The Morgan fingerprint density at radius 3 is 2.44 bits per heavy atom. The van der Waals surface area contributed by atoms with Gasteiger partial charge in [0.05, 0.1) is 17.7 Å². The van der Waals surface area contributed by atoms with E-state index in [1.165, 1.54) is 6.07 Å². The normalized spacial score (nSPS) is 32.4. The number of benzene rings is 1. The average molecular weight is 470 g/mol. The number of aromatic hydroxyl groups is 1. The maximum absolute atomic E-state index is 13.7. The molecule has 1 aromatic rings. The fraction of sp³-hybridized carbons (Fsp3) is 0.458. The largest absolute Gasteiger partial charge is 0.508 e. The molecule has 1 aromatic carbocycles. The summed E-state index contributed by atoms with van der Waals surface area (Å²) in [5, 5.41) is 53.7. The van der Waals surface area contributed by atoms with Gasteiger partial charge in [0.15, 0.2) is 11.4 Å². The van der Waals surface area contributed by atoms with E-state index in [1.807, 2.05) is 0 Å². The lowest BCUT2D eigenvalue weighted by atomic mass is 9.57. The number of piperidine rings is 1. The van der Waals surface area contributed by atoms with Crippen LogP contribution in [0.15, 0.2) is 35.1 Å². The number of carbonyl (C=O) groups is 3. The summed E-state index contributed by atoms with van der Waals surface area (Å²) in [7, 11) is 0. The average Bonchev–Trinajstić information content (AvgIpc) is 2.77. The van der Waals surface area contributed by atoms with Crippen LogP contribution < -0.4 is 5.73 Å². The SMILES string of the molecule is NC(=O)C1=C(O)C2(O)C(=O)C3=C(O)c4c(O)cccc4CC3CC2C(N2CCC(O)CC2)C1=O. The molecule has 3 aliphatic carbocycles.